The fourth-order valence-corrected chi connectivity index (χ4v) is 4.15. The predicted molar refractivity (Wildman–Crippen MR) is 111 cm³/mol. The minimum absolute atomic E-state index is 0.233. The van der Waals surface area contributed by atoms with Crippen molar-refractivity contribution >= 4 is 23.1 Å². The first kappa shape index (κ1) is 19.6. The number of halogens is 1. The van der Waals surface area contributed by atoms with Gasteiger partial charge in [-0.05, 0) is 49.3 Å². The SMILES string of the molecule is CCNC(=NCC(C)Cc1cccs1)NC1CCN(c2ncccc2F)C1. The van der Waals surface area contributed by atoms with Gasteiger partial charge in [0, 0.05) is 43.3 Å². The highest BCUT2D eigenvalue weighted by molar-refractivity contribution is 7.09. The first-order valence-corrected chi connectivity index (χ1v) is 10.5. The monoisotopic (exact) mass is 389 g/mol. The zero-order chi connectivity index (χ0) is 19.1. The van der Waals surface area contributed by atoms with E-state index < -0.39 is 0 Å². The molecule has 2 atom stereocenters. The Bertz CT molecular complexity index is 734. The molecule has 1 fully saturated rings. The molecule has 27 heavy (non-hydrogen) atoms. The van der Waals surface area contributed by atoms with Gasteiger partial charge in [0.2, 0.25) is 0 Å². The van der Waals surface area contributed by atoms with Crippen molar-refractivity contribution in [3.8, 4) is 0 Å². The van der Waals surface area contributed by atoms with Crippen LogP contribution in [0.25, 0.3) is 0 Å². The van der Waals surface area contributed by atoms with Crippen LogP contribution in [-0.4, -0.2) is 43.2 Å². The third kappa shape index (κ3) is 5.66. The summed E-state index contributed by atoms with van der Waals surface area (Å²) in [5.41, 5.74) is 0. The van der Waals surface area contributed by atoms with Crippen LogP contribution in [0, 0.1) is 11.7 Å². The van der Waals surface area contributed by atoms with Crippen molar-refractivity contribution in [2.75, 3.05) is 31.1 Å². The van der Waals surface area contributed by atoms with Crippen LogP contribution < -0.4 is 15.5 Å². The third-order valence-corrected chi connectivity index (χ3v) is 5.50. The van der Waals surface area contributed by atoms with Gasteiger partial charge >= 0.3 is 0 Å². The Morgan fingerprint density at radius 1 is 1.44 bits per heavy atom. The lowest BCUT2D eigenvalue weighted by Crippen LogP contribution is -2.45. The summed E-state index contributed by atoms with van der Waals surface area (Å²) in [5, 5.41) is 8.94. The number of pyridine rings is 1. The number of guanidine groups is 1. The van der Waals surface area contributed by atoms with E-state index in [0.29, 0.717) is 11.7 Å². The van der Waals surface area contributed by atoms with E-state index in [9.17, 15) is 4.39 Å². The summed E-state index contributed by atoms with van der Waals surface area (Å²) in [5.74, 6) is 1.50. The normalized spacial score (nSPS) is 18.6. The second-order valence-corrected chi connectivity index (χ2v) is 8.03. The summed E-state index contributed by atoms with van der Waals surface area (Å²) >= 11 is 1.80. The van der Waals surface area contributed by atoms with E-state index in [0.717, 1.165) is 45.0 Å². The van der Waals surface area contributed by atoms with Gasteiger partial charge in [-0.1, -0.05) is 13.0 Å². The molecule has 7 heteroatoms. The first-order chi connectivity index (χ1) is 13.2. The molecule has 0 saturated carbocycles. The van der Waals surface area contributed by atoms with Crippen LogP contribution in [0.15, 0.2) is 40.8 Å². The average Bonchev–Trinajstić information content (AvgIpc) is 3.32. The van der Waals surface area contributed by atoms with E-state index in [1.54, 1.807) is 23.6 Å². The molecule has 0 spiro atoms. The van der Waals surface area contributed by atoms with Crippen LogP contribution in [0.2, 0.25) is 0 Å². The fraction of sp³-hybridized carbons (Fsp3) is 0.500. The van der Waals surface area contributed by atoms with E-state index in [1.807, 2.05) is 4.90 Å². The number of hydrogen-bond acceptors (Lipinski definition) is 4. The number of rotatable bonds is 7. The van der Waals surface area contributed by atoms with Crippen molar-refractivity contribution in [2.24, 2.45) is 10.9 Å². The van der Waals surface area contributed by atoms with Gasteiger partial charge < -0.3 is 15.5 Å². The summed E-state index contributed by atoms with van der Waals surface area (Å²) in [6.07, 6.45) is 3.63. The molecule has 2 N–H and O–H groups in total. The molecule has 2 aromatic heterocycles. The van der Waals surface area contributed by atoms with Crippen molar-refractivity contribution in [3.63, 3.8) is 0 Å². The molecule has 3 rings (SSSR count). The molecule has 2 unspecified atom stereocenters. The van der Waals surface area contributed by atoms with Gasteiger partial charge in [0.1, 0.15) is 0 Å². The van der Waals surface area contributed by atoms with E-state index in [2.05, 4.69) is 47.0 Å². The number of nitrogens with zero attached hydrogens (tertiary/aromatic N) is 3. The molecular weight excluding hydrogens is 361 g/mol. The van der Waals surface area contributed by atoms with Crippen molar-refractivity contribution in [1.82, 2.24) is 15.6 Å². The second kappa shape index (κ2) is 9.69. The minimum Gasteiger partial charge on any atom is -0.357 e. The van der Waals surface area contributed by atoms with Gasteiger partial charge in [0.05, 0.1) is 0 Å². The second-order valence-electron chi connectivity index (χ2n) is 6.99. The molecule has 3 heterocycles. The number of hydrogen-bond donors (Lipinski definition) is 2. The molecule has 146 valence electrons. The number of aromatic nitrogens is 1. The average molecular weight is 390 g/mol. The lowest BCUT2D eigenvalue weighted by atomic mass is 10.1. The van der Waals surface area contributed by atoms with Crippen LogP contribution in [0.3, 0.4) is 0 Å². The largest absolute Gasteiger partial charge is 0.357 e. The zero-order valence-electron chi connectivity index (χ0n) is 16.0. The molecule has 1 aliphatic heterocycles. The first-order valence-electron chi connectivity index (χ1n) is 9.58. The van der Waals surface area contributed by atoms with Crippen molar-refractivity contribution < 1.29 is 4.39 Å². The Kier molecular flexibility index (Phi) is 7.04. The Hall–Kier alpha value is -2.15. The van der Waals surface area contributed by atoms with Crippen molar-refractivity contribution in [3.05, 3.63) is 46.5 Å². The molecule has 0 aromatic carbocycles. The predicted octanol–water partition coefficient (Wildman–Crippen LogP) is 3.29. The standard InChI is InChI=1S/C20H28FN5S/c1-3-22-20(24-13-15(2)12-17-6-5-11-27-17)25-16-8-10-26(14-16)19-18(21)7-4-9-23-19/h4-7,9,11,15-16H,3,8,10,12-14H2,1-2H3,(H2,22,24,25). The number of aliphatic imine (C=N–C) groups is 1. The maximum Gasteiger partial charge on any atom is 0.191 e. The summed E-state index contributed by atoms with van der Waals surface area (Å²) in [6.45, 7) is 7.41. The molecule has 0 bridgehead atoms. The highest BCUT2D eigenvalue weighted by Gasteiger charge is 2.25. The Morgan fingerprint density at radius 3 is 3.07 bits per heavy atom. The van der Waals surface area contributed by atoms with Crippen LogP contribution in [-0.2, 0) is 6.42 Å². The molecule has 0 aliphatic carbocycles. The highest BCUT2D eigenvalue weighted by Crippen LogP contribution is 2.20. The molecule has 2 aromatic rings. The van der Waals surface area contributed by atoms with Crippen LogP contribution >= 0.6 is 11.3 Å². The van der Waals surface area contributed by atoms with Crippen LogP contribution in [0.1, 0.15) is 25.1 Å². The summed E-state index contributed by atoms with van der Waals surface area (Å²) in [4.78, 5) is 12.3. The van der Waals surface area contributed by atoms with Gasteiger partial charge in [-0.3, -0.25) is 4.99 Å². The molecule has 1 saturated heterocycles. The zero-order valence-corrected chi connectivity index (χ0v) is 16.8. The van der Waals surface area contributed by atoms with Gasteiger partial charge in [-0.25, -0.2) is 9.37 Å². The number of thiophene rings is 1. The van der Waals surface area contributed by atoms with Gasteiger partial charge in [-0.15, -0.1) is 11.3 Å². The van der Waals surface area contributed by atoms with E-state index >= 15 is 0 Å². The van der Waals surface area contributed by atoms with E-state index in [4.69, 9.17) is 4.99 Å². The van der Waals surface area contributed by atoms with E-state index in [1.165, 1.54) is 10.9 Å². The van der Waals surface area contributed by atoms with Crippen molar-refractivity contribution in [1.29, 1.82) is 0 Å². The molecule has 0 amide bonds. The molecular formula is C20H28FN5S. The van der Waals surface area contributed by atoms with Crippen LogP contribution in [0.4, 0.5) is 10.2 Å². The number of nitrogens with one attached hydrogen (secondary N) is 2. The van der Waals surface area contributed by atoms with Gasteiger partial charge in [-0.2, -0.15) is 0 Å². The summed E-state index contributed by atoms with van der Waals surface area (Å²) < 4.78 is 14.0. The Morgan fingerprint density at radius 2 is 2.33 bits per heavy atom. The highest BCUT2D eigenvalue weighted by atomic mass is 32.1. The lowest BCUT2D eigenvalue weighted by molar-refractivity contribution is 0.587. The molecule has 0 radical (unpaired) electrons. The lowest BCUT2D eigenvalue weighted by Gasteiger charge is -2.20. The summed E-state index contributed by atoms with van der Waals surface area (Å²) in [7, 11) is 0. The fourth-order valence-electron chi connectivity index (χ4n) is 3.28. The Balaban J connectivity index is 1.54. The molecule has 5 nitrogen and oxygen atoms in total. The maximum absolute atomic E-state index is 14.0. The smallest absolute Gasteiger partial charge is 0.191 e. The molecule has 1 aliphatic rings. The topological polar surface area (TPSA) is 52.6 Å². The summed E-state index contributed by atoms with van der Waals surface area (Å²) in [6, 6.07) is 7.59. The van der Waals surface area contributed by atoms with Crippen LogP contribution in [0.5, 0.6) is 0 Å². The minimum atomic E-state index is -0.263. The number of anilines is 1. The van der Waals surface area contributed by atoms with Gasteiger partial charge in [0.15, 0.2) is 17.6 Å². The van der Waals surface area contributed by atoms with Gasteiger partial charge in [0.25, 0.3) is 0 Å². The quantitative estimate of drug-likeness (QED) is 0.564. The third-order valence-electron chi connectivity index (χ3n) is 4.60. The van der Waals surface area contributed by atoms with Crippen molar-refractivity contribution in [2.45, 2.75) is 32.7 Å². The van der Waals surface area contributed by atoms with E-state index in [-0.39, 0.29) is 11.9 Å². The maximum atomic E-state index is 14.0. The Labute approximate surface area is 164 Å².